The number of aryl methyl sites for hydroxylation is 1. The maximum absolute atomic E-state index is 12.1. The Morgan fingerprint density at radius 3 is 2.14 bits per heavy atom. The van der Waals surface area contributed by atoms with Gasteiger partial charge in [-0.05, 0) is 36.8 Å². The van der Waals surface area contributed by atoms with Gasteiger partial charge in [0.1, 0.15) is 10.6 Å². The second-order valence-corrected chi connectivity index (χ2v) is 6.11. The van der Waals surface area contributed by atoms with Gasteiger partial charge in [0.2, 0.25) is 0 Å². The van der Waals surface area contributed by atoms with Gasteiger partial charge in [-0.15, -0.1) is 0 Å². The highest BCUT2D eigenvalue weighted by atomic mass is 32.2. The third-order valence-corrected chi connectivity index (χ3v) is 4.06. The van der Waals surface area contributed by atoms with Crippen LogP contribution >= 0.6 is 0 Å². The van der Waals surface area contributed by atoms with E-state index in [1.807, 2.05) is 6.92 Å². The van der Waals surface area contributed by atoms with E-state index in [1.165, 1.54) is 36.4 Å². The third kappa shape index (κ3) is 4.06. The number of hydrogen-bond acceptors (Lipinski definition) is 4. The van der Waals surface area contributed by atoms with Gasteiger partial charge in [-0.3, -0.25) is 4.79 Å². The molecule has 0 unspecified atom stereocenters. The van der Waals surface area contributed by atoms with Gasteiger partial charge >= 0.3 is 16.1 Å². The summed E-state index contributed by atoms with van der Waals surface area (Å²) in [5.74, 6) is -0.805. The standard InChI is InChI=1S/C15H14O5S/c1-11-2-8-14(9-3-11)21(18,19)20-13-6-4-12(5-7-13)10-15(16)17/h2-9H,10H2,1H3,(H,16,17). The van der Waals surface area contributed by atoms with Crippen molar-refractivity contribution in [3.8, 4) is 5.75 Å². The van der Waals surface area contributed by atoms with E-state index in [1.54, 1.807) is 12.1 Å². The minimum atomic E-state index is -3.88. The molecule has 21 heavy (non-hydrogen) atoms. The van der Waals surface area contributed by atoms with Crippen molar-refractivity contribution < 1.29 is 22.5 Å². The highest BCUT2D eigenvalue weighted by molar-refractivity contribution is 7.87. The summed E-state index contributed by atoms with van der Waals surface area (Å²) in [4.78, 5) is 10.6. The van der Waals surface area contributed by atoms with Crippen LogP contribution in [0.25, 0.3) is 0 Å². The summed E-state index contributed by atoms with van der Waals surface area (Å²) in [5.41, 5.74) is 1.52. The summed E-state index contributed by atoms with van der Waals surface area (Å²) < 4.78 is 29.1. The molecule has 0 amide bonds. The van der Waals surface area contributed by atoms with E-state index in [9.17, 15) is 13.2 Å². The average molecular weight is 306 g/mol. The van der Waals surface area contributed by atoms with Gasteiger partial charge in [-0.2, -0.15) is 8.42 Å². The van der Waals surface area contributed by atoms with Crippen LogP contribution in [0.3, 0.4) is 0 Å². The van der Waals surface area contributed by atoms with E-state index in [-0.39, 0.29) is 17.1 Å². The maximum atomic E-state index is 12.1. The van der Waals surface area contributed by atoms with E-state index in [2.05, 4.69) is 0 Å². The van der Waals surface area contributed by atoms with Crippen molar-refractivity contribution >= 4 is 16.1 Å². The Kier molecular flexibility index (Phi) is 4.28. The number of hydrogen-bond donors (Lipinski definition) is 1. The molecule has 0 saturated heterocycles. The van der Waals surface area contributed by atoms with Gasteiger partial charge in [0.25, 0.3) is 0 Å². The topological polar surface area (TPSA) is 80.7 Å². The van der Waals surface area contributed by atoms with E-state index in [4.69, 9.17) is 9.29 Å². The molecule has 2 rings (SSSR count). The Labute approximate surface area is 122 Å². The maximum Gasteiger partial charge on any atom is 0.339 e. The smallest absolute Gasteiger partial charge is 0.339 e. The molecular weight excluding hydrogens is 292 g/mol. The van der Waals surface area contributed by atoms with Crippen LogP contribution < -0.4 is 4.18 Å². The van der Waals surface area contributed by atoms with Gasteiger partial charge in [0.15, 0.2) is 0 Å². The molecule has 0 aromatic heterocycles. The monoisotopic (exact) mass is 306 g/mol. The Balaban J connectivity index is 2.16. The van der Waals surface area contributed by atoms with Gasteiger partial charge in [0.05, 0.1) is 6.42 Å². The highest BCUT2D eigenvalue weighted by Gasteiger charge is 2.16. The molecule has 0 heterocycles. The Morgan fingerprint density at radius 1 is 1.05 bits per heavy atom. The first kappa shape index (κ1) is 15.1. The molecule has 6 heteroatoms. The summed E-state index contributed by atoms with van der Waals surface area (Å²) in [7, 11) is -3.88. The molecule has 2 aromatic rings. The Bertz CT molecular complexity index is 731. The molecule has 0 saturated carbocycles. The zero-order chi connectivity index (χ0) is 15.5. The fourth-order valence-corrected chi connectivity index (χ4v) is 2.65. The second kappa shape index (κ2) is 5.97. The molecule has 110 valence electrons. The first-order valence-corrected chi connectivity index (χ1v) is 7.59. The lowest BCUT2D eigenvalue weighted by atomic mass is 10.1. The van der Waals surface area contributed by atoms with E-state index >= 15 is 0 Å². The molecule has 0 aliphatic heterocycles. The first-order valence-electron chi connectivity index (χ1n) is 6.19. The number of aliphatic carboxylic acids is 1. The van der Waals surface area contributed by atoms with Crippen molar-refractivity contribution in [3.05, 3.63) is 59.7 Å². The van der Waals surface area contributed by atoms with Crippen LogP contribution in [-0.2, 0) is 21.3 Å². The summed E-state index contributed by atoms with van der Waals surface area (Å²) in [6.07, 6.45) is -0.120. The van der Waals surface area contributed by atoms with Crippen molar-refractivity contribution in [2.24, 2.45) is 0 Å². The van der Waals surface area contributed by atoms with Gasteiger partial charge in [0, 0.05) is 0 Å². The lowest BCUT2D eigenvalue weighted by molar-refractivity contribution is -0.136. The second-order valence-electron chi connectivity index (χ2n) is 4.56. The number of carbonyl (C=O) groups is 1. The van der Waals surface area contributed by atoms with Crippen molar-refractivity contribution in [2.45, 2.75) is 18.2 Å². The number of rotatable bonds is 5. The molecule has 5 nitrogen and oxygen atoms in total. The van der Waals surface area contributed by atoms with E-state index in [0.29, 0.717) is 5.56 Å². The molecule has 0 spiro atoms. The molecule has 0 atom stereocenters. The summed E-state index contributed by atoms with van der Waals surface area (Å²) in [6.45, 7) is 1.86. The van der Waals surface area contributed by atoms with Crippen molar-refractivity contribution in [1.29, 1.82) is 0 Å². The minimum Gasteiger partial charge on any atom is -0.481 e. The van der Waals surface area contributed by atoms with E-state index in [0.717, 1.165) is 5.56 Å². The summed E-state index contributed by atoms with van der Waals surface area (Å²) in [5, 5.41) is 8.67. The molecule has 0 bridgehead atoms. The lowest BCUT2D eigenvalue weighted by Crippen LogP contribution is -2.09. The summed E-state index contributed by atoms with van der Waals surface area (Å²) in [6, 6.07) is 12.2. The zero-order valence-electron chi connectivity index (χ0n) is 11.3. The molecular formula is C15H14O5S. The predicted octanol–water partition coefficient (Wildman–Crippen LogP) is 2.39. The molecule has 0 aliphatic carbocycles. The van der Waals surface area contributed by atoms with Crippen LogP contribution in [-0.4, -0.2) is 19.5 Å². The number of carboxylic acids is 1. The molecule has 0 radical (unpaired) electrons. The number of benzene rings is 2. The zero-order valence-corrected chi connectivity index (χ0v) is 12.1. The van der Waals surface area contributed by atoms with Crippen LogP contribution in [0, 0.1) is 6.92 Å². The van der Waals surface area contributed by atoms with Crippen LogP contribution in [0.1, 0.15) is 11.1 Å². The van der Waals surface area contributed by atoms with Crippen LogP contribution in [0.5, 0.6) is 5.75 Å². The fourth-order valence-electron chi connectivity index (χ4n) is 1.72. The van der Waals surface area contributed by atoms with E-state index < -0.39 is 16.1 Å². The Morgan fingerprint density at radius 2 is 1.62 bits per heavy atom. The highest BCUT2D eigenvalue weighted by Crippen LogP contribution is 2.19. The lowest BCUT2D eigenvalue weighted by Gasteiger charge is -2.07. The minimum absolute atomic E-state index is 0.0720. The third-order valence-electron chi connectivity index (χ3n) is 2.79. The SMILES string of the molecule is Cc1ccc(S(=O)(=O)Oc2ccc(CC(=O)O)cc2)cc1. The van der Waals surface area contributed by atoms with Gasteiger partial charge in [-0.25, -0.2) is 0 Å². The number of carboxylic acid groups (broad SMARTS) is 1. The quantitative estimate of drug-likeness (QED) is 0.858. The average Bonchev–Trinajstić information content (AvgIpc) is 2.40. The summed E-state index contributed by atoms with van der Waals surface area (Å²) >= 11 is 0. The largest absolute Gasteiger partial charge is 0.481 e. The fraction of sp³-hybridized carbons (Fsp3) is 0.133. The van der Waals surface area contributed by atoms with Crippen molar-refractivity contribution in [3.63, 3.8) is 0 Å². The predicted molar refractivity (Wildman–Crippen MR) is 76.8 cm³/mol. The van der Waals surface area contributed by atoms with Crippen molar-refractivity contribution in [1.82, 2.24) is 0 Å². The molecule has 0 aliphatic rings. The normalized spacial score (nSPS) is 11.1. The molecule has 2 aromatic carbocycles. The van der Waals surface area contributed by atoms with Crippen LogP contribution in [0.4, 0.5) is 0 Å². The molecule has 0 fully saturated rings. The van der Waals surface area contributed by atoms with Gasteiger partial charge in [-0.1, -0.05) is 29.8 Å². The molecule has 1 N–H and O–H groups in total. The first-order chi connectivity index (χ1) is 9.87. The Hall–Kier alpha value is -2.34. The van der Waals surface area contributed by atoms with Crippen LogP contribution in [0.15, 0.2) is 53.4 Å². The van der Waals surface area contributed by atoms with Crippen LogP contribution in [0.2, 0.25) is 0 Å². The van der Waals surface area contributed by atoms with Crippen molar-refractivity contribution in [2.75, 3.05) is 0 Å². The van der Waals surface area contributed by atoms with Gasteiger partial charge < -0.3 is 9.29 Å².